The molecule has 0 spiro atoms. The second kappa shape index (κ2) is 6.90. The van der Waals surface area contributed by atoms with Crippen molar-refractivity contribution in [1.29, 1.82) is 0 Å². The molecule has 0 aliphatic carbocycles. The summed E-state index contributed by atoms with van der Waals surface area (Å²) in [6.07, 6.45) is 7.17. The van der Waals surface area contributed by atoms with Gasteiger partial charge in [-0.25, -0.2) is 0 Å². The van der Waals surface area contributed by atoms with Crippen molar-refractivity contribution in [2.24, 2.45) is 0 Å². The Hall–Kier alpha value is -1.48. The summed E-state index contributed by atoms with van der Waals surface area (Å²) in [6, 6.07) is 4.00. The summed E-state index contributed by atoms with van der Waals surface area (Å²) in [4.78, 5) is 17.1. The van der Waals surface area contributed by atoms with E-state index in [1.54, 1.807) is 19.2 Å². The Morgan fingerprint density at radius 1 is 1.56 bits per heavy atom. The van der Waals surface area contributed by atoms with Crippen molar-refractivity contribution in [2.75, 3.05) is 13.1 Å². The average molecular weight is 218 g/mol. The standard InChI is InChI=1S/C13H18N2O/c1-3-15(9-5-6-12(2)16)11-13-7-4-8-14-10-13/h4-8,10H,3,9,11H2,1-2H3/b6-5+. The number of allylic oxidation sites excluding steroid dienone is 1. The zero-order valence-electron chi connectivity index (χ0n) is 9.89. The maximum Gasteiger partial charge on any atom is 0.152 e. The summed E-state index contributed by atoms with van der Waals surface area (Å²) < 4.78 is 0. The molecule has 3 heteroatoms. The molecule has 0 aliphatic rings. The van der Waals surface area contributed by atoms with Crippen LogP contribution in [0.3, 0.4) is 0 Å². The van der Waals surface area contributed by atoms with Crippen LogP contribution in [0, 0.1) is 0 Å². The van der Waals surface area contributed by atoms with E-state index in [9.17, 15) is 4.79 Å². The Labute approximate surface area is 96.8 Å². The number of carbonyl (C=O) groups is 1. The molecule has 1 aromatic heterocycles. The highest BCUT2D eigenvalue weighted by molar-refractivity contribution is 5.87. The van der Waals surface area contributed by atoms with E-state index in [1.165, 1.54) is 5.56 Å². The van der Waals surface area contributed by atoms with E-state index in [4.69, 9.17) is 0 Å². The lowest BCUT2D eigenvalue weighted by Crippen LogP contribution is -2.23. The van der Waals surface area contributed by atoms with Crippen LogP contribution < -0.4 is 0 Å². The fraction of sp³-hybridized carbons (Fsp3) is 0.385. The number of nitrogens with zero attached hydrogens (tertiary/aromatic N) is 2. The number of rotatable bonds is 6. The molecule has 0 atom stereocenters. The molecule has 1 heterocycles. The molecular formula is C13H18N2O. The molecule has 0 aromatic carbocycles. The minimum atomic E-state index is 0.0948. The Balaban J connectivity index is 2.46. The molecular weight excluding hydrogens is 200 g/mol. The van der Waals surface area contributed by atoms with Crippen molar-refractivity contribution < 1.29 is 4.79 Å². The molecule has 3 nitrogen and oxygen atoms in total. The largest absolute Gasteiger partial charge is 0.296 e. The lowest BCUT2D eigenvalue weighted by molar-refractivity contribution is -0.112. The monoisotopic (exact) mass is 218 g/mol. The van der Waals surface area contributed by atoms with Gasteiger partial charge in [0.05, 0.1) is 0 Å². The van der Waals surface area contributed by atoms with Crippen molar-refractivity contribution in [3.63, 3.8) is 0 Å². The number of aromatic nitrogens is 1. The van der Waals surface area contributed by atoms with Gasteiger partial charge in [-0.2, -0.15) is 0 Å². The summed E-state index contributed by atoms with van der Waals surface area (Å²) in [5, 5.41) is 0. The van der Waals surface area contributed by atoms with Gasteiger partial charge in [-0.3, -0.25) is 14.7 Å². The molecule has 1 aromatic rings. The summed E-state index contributed by atoms with van der Waals surface area (Å²) in [5.41, 5.74) is 1.19. The maximum atomic E-state index is 10.8. The summed E-state index contributed by atoms with van der Waals surface area (Å²) in [6.45, 7) is 6.29. The van der Waals surface area contributed by atoms with Crippen LogP contribution in [0.2, 0.25) is 0 Å². The number of hydrogen-bond acceptors (Lipinski definition) is 3. The Morgan fingerprint density at radius 3 is 2.94 bits per heavy atom. The van der Waals surface area contributed by atoms with Gasteiger partial charge in [0.25, 0.3) is 0 Å². The number of carbonyl (C=O) groups excluding carboxylic acids is 1. The van der Waals surface area contributed by atoms with Gasteiger partial charge in [0, 0.05) is 25.5 Å². The van der Waals surface area contributed by atoms with Crippen molar-refractivity contribution in [3.05, 3.63) is 42.2 Å². The molecule has 0 aliphatic heterocycles. The van der Waals surface area contributed by atoms with Crippen LogP contribution in [-0.2, 0) is 11.3 Å². The van der Waals surface area contributed by atoms with Crippen LogP contribution >= 0.6 is 0 Å². The maximum absolute atomic E-state index is 10.8. The third kappa shape index (κ3) is 4.84. The molecule has 0 radical (unpaired) electrons. The first-order valence-corrected chi connectivity index (χ1v) is 5.50. The molecule has 0 bridgehead atoms. The predicted octanol–water partition coefficient (Wildman–Crippen LogP) is 2.05. The molecule has 0 saturated carbocycles. The summed E-state index contributed by atoms with van der Waals surface area (Å²) in [5.74, 6) is 0.0948. The second-order valence-electron chi connectivity index (χ2n) is 3.70. The molecule has 1 rings (SSSR count). The van der Waals surface area contributed by atoms with Crippen molar-refractivity contribution in [1.82, 2.24) is 9.88 Å². The van der Waals surface area contributed by atoms with Crippen LogP contribution in [-0.4, -0.2) is 28.8 Å². The smallest absolute Gasteiger partial charge is 0.152 e. The lowest BCUT2D eigenvalue weighted by atomic mass is 10.2. The van der Waals surface area contributed by atoms with Crippen LogP contribution in [0.4, 0.5) is 0 Å². The highest BCUT2D eigenvalue weighted by atomic mass is 16.1. The van der Waals surface area contributed by atoms with Gasteiger partial charge in [-0.05, 0) is 31.2 Å². The highest BCUT2D eigenvalue weighted by Gasteiger charge is 2.01. The molecule has 0 saturated heterocycles. The first kappa shape index (κ1) is 12.6. The third-order valence-corrected chi connectivity index (χ3v) is 2.29. The number of pyridine rings is 1. The van der Waals surface area contributed by atoms with Gasteiger partial charge >= 0.3 is 0 Å². The second-order valence-corrected chi connectivity index (χ2v) is 3.70. The van der Waals surface area contributed by atoms with Crippen LogP contribution in [0.5, 0.6) is 0 Å². The molecule has 16 heavy (non-hydrogen) atoms. The first-order chi connectivity index (χ1) is 7.72. The van der Waals surface area contributed by atoms with Gasteiger partial charge in [-0.1, -0.05) is 19.1 Å². The van der Waals surface area contributed by atoms with Gasteiger partial charge in [0.15, 0.2) is 5.78 Å². The molecule has 0 amide bonds. The Morgan fingerprint density at radius 2 is 2.38 bits per heavy atom. The molecule has 0 fully saturated rings. The van der Waals surface area contributed by atoms with Crippen LogP contribution in [0.1, 0.15) is 19.4 Å². The predicted molar refractivity (Wildman–Crippen MR) is 65.0 cm³/mol. The zero-order valence-corrected chi connectivity index (χ0v) is 9.89. The van der Waals surface area contributed by atoms with Crippen molar-refractivity contribution >= 4 is 5.78 Å². The average Bonchev–Trinajstić information content (AvgIpc) is 2.28. The van der Waals surface area contributed by atoms with E-state index >= 15 is 0 Å². The molecule has 0 unspecified atom stereocenters. The van der Waals surface area contributed by atoms with Crippen molar-refractivity contribution in [3.8, 4) is 0 Å². The number of ketones is 1. The van der Waals surface area contributed by atoms with E-state index in [-0.39, 0.29) is 5.78 Å². The molecule has 0 N–H and O–H groups in total. The SMILES string of the molecule is CCN(C/C=C/C(C)=O)Cc1cccnc1. The van der Waals surface area contributed by atoms with Gasteiger partial charge in [-0.15, -0.1) is 0 Å². The highest BCUT2D eigenvalue weighted by Crippen LogP contribution is 2.02. The summed E-state index contributed by atoms with van der Waals surface area (Å²) >= 11 is 0. The first-order valence-electron chi connectivity index (χ1n) is 5.50. The van der Waals surface area contributed by atoms with Gasteiger partial charge in [0.2, 0.25) is 0 Å². The fourth-order valence-corrected chi connectivity index (χ4v) is 1.42. The minimum Gasteiger partial charge on any atom is -0.296 e. The van der Waals surface area contributed by atoms with Crippen LogP contribution in [0.25, 0.3) is 0 Å². The normalized spacial score (nSPS) is 11.2. The minimum absolute atomic E-state index is 0.0948. The number of hydrogen-bond donors (Lipinski definition) is 0. The van der Waals surface area contributed by atoms with E-state index in [0.717, 1.165) is 19.6 Å². The zero-order chi connectivity index (χ0) is 11.8. The number of likely N-dealkylation sites (N-methyl/N-ethyl adjacent to an activating group) is 1. The lowest BCUT2D eigenvalue weighted by Gasteiger charge is -2.17. The third-order valence-electron chi connectivity index (χ3n) is 2.29. The Bertz CT molecular complexity index is 346. The van der Waals surface area contributed by atoms with E-state index in [2.05, 4.69) is 22.9 Å². The molecule has 86 valence electrons. The topological polar surface area (TPSA) is 33.2 Å². The quantitative estimate of drug-likeness (QED) is 0.685. The van der Waals surface area contributed by atoms with Crippen LogP contribution in [0.15, 0.2) is 36.7 Å². The van der Waals surface area contributed by atoms with Gasteiger partial charge < -0.3 is 0 Å². The van der Waals surface area contributed by atoms with Crippen molar-refractivity contribution in [2.45, 2.75) is 20.4 Å². The van der Waals surface area contributed by atoms with E-state index in [1.807, 2.05) is 18.3 Å². The van der Waals surface area contributed by atoms with E-state index in [0.29, 0.717) is 0 Å². The van der Waals surface area contributed by atoms with E-state index < -0.39 is 0 Å². The summed E-state index contributed by atoms with van der Waals surface area (Å²) in [7, 11) is 0. The Kier molecular flexibility index (Phi) is 5.43. The van der Waals surface area contributed by atoms with Gasteiger partial charge in [0.1, 0.15) is 0 Å². The fourth-order valence-electron chi connectivity index (χ4n) is 1.42.